The van der Waals surface area contributed by atoms with Crippen LogP contribution in [0.25, 0.3) is 0 Å². The molecule has 47 heteroatoms. The van der Waals surface area contributed by atoms with Crippen LogP contribution in [-0.2, 0) is 57.3 Å². The molecule has 0 radical (unpaired) electrons. The van der Waals surface area contributed by atoms with Gasteiger partial charge in [-0.15, -0.1) is 11.8 Å². The predicted molar refractivity (Wildman–Crippen MR) is 502 cm³/mol. The first-order chi connectivity index (χ1) is 64.3. The highest BCUT2D eigenvalue weighted by atomic mass is 79.9. The Hall–Kier alpha value is -12.2. The lowest BCUT2D eigenvalue weighted by atomic mass is 10.1. The fourth-order valence-electron chi connectivity index (χ4n) is 13.5. The molecule has 0 saturated carbocycles. The van der Waals surface area contributed by atoms with Gasteiger partial charge in [-0.3, -0.25) is 143 Å². The molecule has 0 bridgehead atoms. The number of nitrogens with zero attached hydrogens (tertiary/aromatic N) is 12. The molecular formula is C89H114Br2ClN19O24S. The molecule has 736 valence electrons. The van der Waals surface area contributed by atoms with E-state index >= 15 is 0 Å². The van der Waals surface area contributed by atoms with E-state index in [1.54, 1.807) is 194 Å². The van der Waals surface area contributed by atoms with E-state index < -0.39 is 40.9 Å². The van der Waals surface area contributed by atoms with Gasteiger partial charge in [0.1, 0.15) is 16.8 Å². The van der Waals surface area contributed by atoms with Gasteiger partial charge in [0.05, 0.1) is 99.9 Å². The zero-order chi connectivity index (χ0) is 101. The van der Waals surface area contributed by atoms with Crippen LogP contribution < -0.4 is 39.4 Å². The molecule has 43 nitrogen and oxygen atoms in total. The summed E-state index contributed by atoms with van der Waals surface area (Å²) in [4.78, 5) is 237. The summed E-state index contributed by atoms with van der Waals surface area (Å²) in [5.41, 5.74) is 20.9. The van der Waals surface area contributed by atoms with E-state index in [1.165, 1.54) is 41.5 Å². The topological polar surface area (TPSA) is 557 Å². The van der Waals surface area contributed by atoms with Gasteiger partial charge in [-0.2, -0.15) is 0 Å². The standard InChI is InChI=1S/C18H21N3O5.C15H19N3O4.C14H15N3O3.C13H13N3O3.C10H8BrNO2.C6H13N3O.C6H13NO2.C4H4O3S.C3H4BrClO.H4N2/c1-18(2,3)26-17(25)21-9-8-14(22)20(21)11-10-19-15(23)12-6-4-5-7-13(12)16(19)24;1-15(2,3)22-14(21)17-16-8-9-18-12(19)10-6-4-5-7-11(10)13(18)20;1-15-7-6-12(18)17(15)9-8-16-13(19)10-4-2-3-5-11(10)14(16)20;17-11-5-6-14-16(11)8-7-15-12(18)9-3-1-2-4-10(9)13(15)19;11-5-6-12-9(13)7-3-1-2-4-8(7)10(12)14;1-8-4-2-6(10)9(8)5-3-7;1-6(2,3)9-5(8)4-7;5-3-1-8-2-4(6)7-3;4-2-1-3(5)6;1-2/h4-7H,8-11H2,1-3H3;4-7,16H,8-9H2,1-3H3,(H,17,21);2-5H,6-9H2,1H3;1-4,14H,5-8H2;1-4H,5-6H2;2-5,7H2,1H3;4,7H2,1-3H3;1-2H2;1-2H2;1-2H2. The number of hydrogen-bond acceptors (Lipinski definition) is 33. The largest absolute Gasteiger partial charge is 0.459 e. The lowest BCUT2D eigenvalue weighted by Crippen LogP contribution is -2.48. The Bertz CT molecular complexity index is 5060. The zero-order valence-electron chi connectivity index (χ0n) is 77.2. The van der Waals surface area contributed by atoms with E-state index in [1.807, 2.05) is 24.1 Å². The number of halogens is 3. The number of hydrazine groups is 6. The van der Waals surface area contributed by atoms with Crippen LogP contribution in [-0.4, -0.2) is 335 Å². The van der Waals surface area contributed by atoms with Crippen molar-refractivity contribution in [3.05, 3.63) is 177 Å². The Morgan fingerprint density at radius 1 is 0.419 bits per heavy atom. The summed E-state index contributed by atoms with van der Waals surface area (Å²) in [5.74, 6) is 4.47. The number of hydrogen-bond donors (Lipinski definition) is 7. The van der Waals surface area contributed by atoms with Crippen LogP contribution in [0.15, 0.2) is 121 Å². The number of nitrogens with one attached hydrogen (secondary N) is 3. The Morgan fingerprint density at radius 3 is 1.01 bits per heavy atom. The molecule has 0 aromatic heterocycles. The third-order valence-corrected chi connectivity index (χ3v) is 21.4. The minimum Gasteiger partial charge on any atom is -0.459 e. The number of imide groups is 5. The van der Waals surface area contributed by atoms with Gasteiger partial charge in [-0.05, 0) is 135 Å². The van der Waals surface area contributed by atoms with Crippen LogP contribution in [0.3, 0.4) is 0 Å². The molecule has 0 atom stereocenters. The first kappa shape index (κ1) is 113. The van der Waals surface area contributed by atoms with Crippen LogP contribution >= 0.6 is 55.2 Å². The number of alkyl halides is 2. The van der Waals surface area contributed by atoms with Crippen molar-refractivity contribution >= 4 is 173 Å². The quantitative estimate of drug-likeness (QED) is 0.00648. The molecule has 15 rings (SSSR count). The molecule has 10 aliphatic heterocycles. The molecule has 5 fully saturated rings. The number of amides is 16. The van der Waals surface area contributed by atoms with Crippen molar-refractivity contribution in [2.24, 2.45) is 23.2 Å². The monoisotopic (exact) mass is 2060 g/mol. The highest BCUT2D eigenvalue weighted by Crippen LogP contribution is 2.29. The predicted octanol–water partition coefficient (Wildman–Crippen LogP) is 4.51. The van der Waals surface area contributed by atoms with Crippen molar-refractivity contribution < 1.29 is 115 Å². The van der Waals surface area contributed by atoms with E-state index in [4.69, 9.17) is 37.3 Å². The SMILES string of the molecule is CC(C)(C)OC(=O)CN.CC(C)(C)OC(=O)N1CCC(=O)N1CCN1C(=O)c2ccccc2C1=O.CC(C)(C)OC(=O)NNCCN1C(=O)c2ccccc2C1=O.CN1CCC(=O)N1CCN.CN1CCC(=O)N1CCN1C(=O)c2ccccc2C1=O.NN.O=C(Cl)CCBr.O=C1CCNN1CCN1C(=O)c2ccccc2C1=O.O=C1CSCC(=O)O1.O=C1c2ccccc2C(=O)N1CCBr. The number of thioether (sulfide) groups is 1. The second-order valence-electron chi connectivity index (χ2n) is 32.9. The molecular weight excluding hydrogens is 1950 g/mol. The molecule has 11 N–H and O–H groups in total. The Morgan fingerprint density at radius 2 is 0.743 bits per heavy atom. The first-order valence-electron chi connectivity index (χ1n) is 42.7. The van der Waals surface area contributed by atoms with E-state index in [2.05, 4.69) is 64.6 Å². The molecule has 5 aromatic carbocycles. The van der Waals surface area contributed by atoms with Crippen molar-refractivity contribution in [2.75, 3.05) is 141 Å². The smallest absolute Gasteiger partial charge is 0.429 e. The molecule has 136 heavy (non-hydrogen) atoms. The maximum absolute atomic E-state index is 12.4. The lowest BCUT2D eigenvalue weighted by molar-refractivity contribution is -0.157. The van der Waals surface area contributed by atoms with Gasteiger partial charge in [-0.25, -0.2) is 40.5 Å². The van der Waals surface area contributed by atoms with E-state index in [0.29, 0.717) is 149 Å². The van der Waals surface area contributed by atoms with Gasteiger partial charge >= 0.3 is 30.1 Å². The fourth-order valence-corrected chi connectivity index (χ4v) is 15.1. The summed E-state index contributed by atoms with van der Waals surface area (Å²) in [6, 6.07) is 33.7. The average molecular weight is 2060 g/mol. The molecule has 0 spiro atoms. The van der Waals surface area contributed by atoms with E-state index in [-0.39, 0.29) is 153 Å². The Kier molecular flexibility index (Phi) is 44.1. The summed E-state index contributed by atoms with van der Waals surface area (Å²) in [5, 5.41) is 11.9. The number of rotatable bonds is 20. The van der Waals surface area contributed by atoms with Crippen LogP contribution in [0.2, 0.25) is 0 Å². The maximum Gasteiger partial charge on any atom is 0.429 e. The number of nitrogens with two attached hydrogens (primary N) is 4. The third-order valence-electron chi connectivity index (χ3n) is 19.6. The Labute approximate surface area is 811 Å². The normalized spacial score (nSPS) is 16.3. The minimum atomic E-state index is -0.684. The van der Waals surface area contributed by atoms with Gasteiger partial charge in [-0.1, -0.05) is 92.5 Å². The number of ether oxygens (including phenoxy) is 4. The second kappa shape index (κ2) is 53.3. The van der Waals surface area contributed by atoms with Crippen molar-refractivity contribution in [3.63, 3.8) is 0 Å². The molecule has 16 amide bonds. The highest BCUT2D eigenvalue weighted by molar-refractivity contribution is 9.09. The van der Waals surface area contributed by atoms with Gasteiger partial charge < -0.3 is 30.4 Å². The number of carbonyl (C=O) groups excluding carboxylic acids is 20. The number of carbonyl (C=O) groups is 20. The number of cyclic esters (lactones) is 2. The molecule has 0 aliphatic carbocycles. The summed E-state index contributed by atoms with van der Waals surface area (Å²) in [6.45, 7) is 21.4. The van der Waals surface area contributed by atoms with E-state index in [9.17, 15) is 95.9 Å². The van der Waals surface area contributed by atoms with Crippen molar-refractivity contribution in [2.45, 2.75) is 111 Å². The average Bonchev–Trinajstić information content (AvgIpc) is 1.65. The van der Waals surface area contributed by atoms with Gasteiger partial charge in [0.15, 0.2) is 0 Å². The number of benzene rings is 5. The molecule has 10 heterocycles. The van der Waals surface area contributed by atoms with E-state index in [0.717, 1.165) is 16.3 Å². The van der Waals surface area contributed by atoms with Gasteiger partial charge in [0.25, 0.3) is 59.1 Å². The molecule has 5 aromatic rings. The van der Waals surface area contributed by atoms with Crippen molar-refractivity contribution in [1.82, 2.24) is 75.8 Å². The fraction of sp³-hybridized carbons (Fsp3) is 0.438. The number of esters is 3. The Balaban J connectivity index is 0.000000242. The third kappa shape index (κ3) is 32.5. The van der Waals surface area contributed by atoms with Gasteiger partial charge in [0, 0.05) is 129 Å². The van der Waals surface area contributed by atoms with Crippen molar-refractivity contribution in [3.8, 4) is 0 Å². The van der Waals surface area contributed by atoms with Crippen molar-refractivity contribution in [1.29, 1.82) is 0 Å². The highest BCUT2D eigenvalue weighted by Gasteiger charge is 2.43. The minimum absolute atomic E-state index is 0.00314. The summed E-state index contributed by atoms with van der Waals surface area (Å²) in [7, 11) is 3.73. The van der Waals surface area contributed by atoms with Crippen LogP contribution in [0, 0.1) is 0 Å². The first-order valence-corrected chi connectivity index (χ1v) is 46.5. The zero-order valence-corrected chi connectivity index (χ0v) is 82.0. The van der Waals surface area contributed by atoms with Crippen LogP contribution in [0.1, 0.15) is 198 Å². The maximum atomic E-state index is 12.4. The van der Waals surface area contributed by atoms with Gasteiger partial charge in [0.2, 0.25) is 28.9 Å². The van der Waals surface area contributed by atoms with Crippen LogP contribution in [0.5, 0.6) is 0 Å². The number of fused-ring (bicyclic) bond motifs is 5. The summed E-state index contributed by atoms with van der Waals surface area (Å²) < 4.78 is 19.4. The summed E-state index contributed by atoms with van der Waals surface area (Å²) >= 11 is 12.5. The lowest BCUT2D eigenvalue weighted by Gasteiger charge is -2.31. The summed E-state index contributed by atoms with van der Waals surface area (Å²) in [6.07, 6.45) is 0.945. The molecule has 5 saturated heterocycles. The molecule has 10 aliphatic rings. The van der Waals surface area contributed by atoms with Crippen LogP contribution in [0.4, 0.5) is 9.59 Å². The second-order valence-corrected chi connectivity index (χ2v) is 35.9. The molecule has 0 unspecified atom stereocenters.